The Hall–Kier alpha value is -7.00. The van der Waals surface area contributed by atoms with Gasteiger partial charge in [0, 0.05) is 89.5 Å². The zero-order chi connectivity index (χ0) is 45.3. The number of para-hydroxylation sites is 2. The molecular weight excluding hydrogens is 871 g/mol. The summed E-state index contributed by atoms with van der Waals surface area (Å²) in [6.07, 6.45) is 1.89. The number of carbonyl (C=O) groups excluding carboxylic acids is 3. The van der Waals surface area contributed by atoms with E-state index in [0.717, 1.165) is 74.1 Å². The van der Waals surface area contributed by atoms with Crippen molar-refractivity contribution in [1.82, 2.24) is 19.1 Å². The van der Waals surface area contributed by atoms with Crippen molar-refractivity contribution in [2.75, 3.05) is 37.3 Å². The van der Waals surface area contributed by atoms with Crippen LogP contribution >= 0.6 is 11.8 Å². The molecule has 11 rings (SSSR count). The molecule has 5 aliphatic heterocycles. The third kappa shape index (κ3) is 7.07. The molecule has 1 fully saturated rings. The van der Waals surface area contributed by atoms with Crippen LogP contribution in [0.1, 0.15) is 16.7 Å². The molecule has 1 N–H and O–H groups in total. The number of carboxylic acids is 1. The Morgan fingerprint density at radius 1 is 0.864 bits per heavy atom. The van der Waals surface area contributed by atoms with Crippen molar-refractivity contribution in [2.45, 2.75) is 35.6 Å². The molecule has 1 saturated heterocycles. The van der Waals surface area contributed by atoms with Gasteiger partial charge in [-0.15, -0.1) is 11.8 Å². The summed E-state index contributed by atoms with van der Waals surface area (Å²) in [4.78, 5) is 42.5. The summed E-state index contributed by atoms with van der Waals surface area (Å²) < 4.78 is 40.1. The number of sulfonamides is 1. The van der Waals surface area contributed by atoms with Crippen LogP contribution in [-0.4, -0.2) is 79.3 Å². The second-order valence-corrected chi connectivity index (χ2v) is 20.1. The van der Waals surface area contributed by atoms with E-state index in [1.54, 1.807) is 24.3 Å². The van der Waals surface area contributed by atoms with Gasteiger partial charge >= 0.3 is 0 Å². The maximum atomic E-state index is 15.0. The molecule has 6 aliphatic rings. The fourth-order valence-corrected chi connectivity index (χ4v) is 12.6. The predicted octanol–water partition coefficient (Wildman–Crippen LogP) is 5.83. The topological polar surface area (TPSA) is 146 Å². The molecule has 0 spiro atoms. The van der Waals surface area contributed by atoms with Crippen LogP contribution in [0.15, 0.2) is 160 Å². The van der Waals surface area contributed by atoms with Crippen LogP contribution in [0.25, 0.3) is 33.4 Å². The van der Waals surface area contributed by atoms with Gasteiger partial charge in [-0.1, -0.05) is 84.9 Å². The third-order valence-electron chi connectivity index (χ3n) is 13.1. The summed E-state index contributed by atoms with van der Waals surface area (Å²) in [5, 5.41) is 16.5. The van der Waals surface area contributed by atoms with Gasteiger partial charge < -0.3 is 24.5 Å². The highest BCUT2D eigenvalue weighted by Crippen LogP contribution is 2.45. The molecule has 1 aliphatic carbocycles. The summed E-state index contributed by atoms with van der Waals surface area (Å²) in [6.45, 7) is 1.30. The minimum Gasteiger partial charge on any atom is -0.543 e. The van der Waals surface area contributed by atoms with Gasteiger partial charge in [-0.05, 0) is 53.5 Å². The van der Waals surface area contributed by atoms with E-state index in [1.165, 1.54) is 29.9 Å². The Morgan fingerprint density at radius 2 is 1.62 bits per heavy atom. The number of β-lactam (4-membered cyclic amide) rings is 1. The fraction of sp³-hybridized carbons (Fsp3) is 0.192. The molecule has 5 aromatic rings. The zero-order valence-electron chi connectivity index (χ0n) is 35.8. The van der Waals surface area contributed by atoms with Gasteiger partial charge in [-0.3, -0.25) is 14.5 Å². The summed E-state index contributed by atoms with van der Waals surface area (Å²) in [6, 6.07) is 43.9. The number of carboxylic acid groups (broad SMARTS) is 1. The lowest BCUT2D eigenvalue weighted by Gasteiger charge is -2.51. The highest BCUT2D eigenvalue weighted by molar-refractivity contribution is 8.00. The van der Waals surface area contributed by atoms with Crippen molar-refractivity contribution in [2.24, 2.45) is 0 Å². The molecule has 0 saturated carbocycles. The van der Waals surface area contributed by atoms with Crippen molar-refractivity contribution in [3.8, 4) is 22.5 Å². The van der Waals surface area contributed by atoms with Crippen molar-refractivity contribution < 1.29 is 32.3 Å². The van der Waals surface area contributed by atoms with Gasteiger partial charge in [0.15, 0.2) is 6.54 Å². The van der Waals surface area contributed by atoms with Crippen LogP contribution in [0.3, 0.4) is 0 Å². The number of nitrogens with one attached hydrogen (secondary N) is 1. The molecule has 0 bridgehead atoms. The van der Waals surface area contributed by atoms with Crippen LogP contribution < -0.4 is 25.3 Å². The summed E-state index contributed by atoms with van der Waals surface area (Å²) in [5.74, 6) is -1.86. The van der Waals surface area contributed by atoms with Crippen molar-refractivity contribution in [3.63, 3.8) is 0 Å². The maximum absolute atomic E-state index is 15.0. The van der Waals surface area contributed by atoms with E-state index in [9.17, 15) is 27.9 Å². The van der Waals surface area contributed by atoms with Crippen LogP contribution in [0.4, 0.5) is 17.1 Å². The lowest BCUT2D eigenvalue weighted by molar-refractivity contribution is -0.301. The van der Waals surface area contributed by atoms with E-state index in [-0.39, 0.29) is 40.8 Å². The fourth-order valence-electron chi connectivity index (χ4n) is 9.93. The highest BCUT2D eigenvalue weighted by atomic mass is 32.2. The van der Waals surface area contributed by atoms with Crippen LogP contribution in [0, 0.1) is 0 Å². The van der Waals surface area contributed by atoms with Crippen molar-refractivity contribution >= 4 is 67.6 Å². The Labute approximate surface area is 385 Å². The quantitative estimate of drug-likeness (QED) is 0.102. The minimum absolute atomic E-state index is 0.0227. The largest absolute Gasteiger partial charge is 0.543 e. The van der Waals surface area contributed by atoms with Gasteiger partial charge in [-0.2, -0.15) is 8.88 Å². The third-order valence-corrected chi connectivity index (χ3v) is 16.3. The number of benzene rings is 6. The van der Waals surface area contributed by atoms with Gasteiger partial charge in [0.05, 0.1) is 29.0 Å². The Balaban J connectivity index is 0.966. The summed E-state index contributed by atoms with van der Waals surface area (Å²) in [7, 11) is -2.92. The number of likely N-dealkylation sites (N-methyl/N-ethyl adjacent to an activating group) is 1. The van der Waals surface area contributed by atoms with Crippen LogP contribution in [-0.2, 0) is 43.7 Å². The van der Waals surface area contributed by atoms with E-state index >= 15 is 0 Å². The van der Waals surface area contributed by atoms with E-state index in [2.05, 4.69) is 51.2 Å². The molecule has 1 unspecified atom stereocenters. The van der Waals surface area contributed by atoms with Gasteiger partial charge in [0.1, 0.15) is 22.8 Å². The molecule has 66 heavy (non-hydrogen) atoms. The Morgan fingerprint density at radius 3 is 2.45 bits per heavy atom. The average Bonchev–Trinajstić information content (AvgIpc) is 3.97. The molecule has 330 valence electrons. The number of rotatable bonds is 10. The first-order chi connectivity index (χ1) is 32.0. The number of fused-ring (bicyclic) bond motifs is 5. The lowest BCUT2D eigenvalue weighted by atomic mass is 9.93. The molecule has 12 nitrogen and oxygen atoms in total. The average molecular weight is 914 g/mol. The molecule has 2 amide bonds. The standard InChI is InChI=1S/C52H43N5O7S2/c1-54(30-35-31-65-51-48(50(59)57(51)49(35)52(60)61)53-46(58)27-32-11-3-2-4-12-32)66(62,63)45-18-10-7-15-40(45)47-38-21-19-36(55-25-23-33-13-5-8-16-41(33)55)28-43(38)64-44-29-37(20-22-39(44)47)56-26-24-34-14-6-9-17-42(34)56/h2-22,28-29,48,51H,23-27,30-31H2,1H3,(H-,53,58,60,61)/t48-,51?/m1/s1. The zero-order valence-corrected chi connectivity index (χ0v) is 37.5. The molecular formula is C52H43N5O7S2. The number of hydrogen-bond donors (Lipinski definition) is 1. The van der Waals surface area contributed by atoms with E-state index in [0.29, 0.717) is 22.5 Å². The number of anilines is 2. The van der Waals surface area contributed by atoms with E-state index in [1.807, 2.05) is 78.9 Å². The maximum Gasteiger partial charge on any atom is 0.253 e. The lowest BCUT2D eigenvalue weighted by Crippen LogP contribution is -2.71. The predicted molar refractivity (Wildman–Crippen MR) is 252 cm³/mol. The number of nitrogens with zero attached hydrogens (tertiary/aromatic N) is 4. The number of hydrogen-bond acceptors (Lipinski definition) is 9. The Kier molecular flexibility index (Phi) is 10.4. The molecule has 2 atom stereocenters. The highest BCUT2D eigenvalue weighted by Gasteiger charge is 2.53. The second kappa shape index (κ2) is 16.5. The number of aliphatic carboxylic acids is 1. The molecule has 5 heterocycles. The first-order valence-corrected chi connectivity index (χ1v) is 24.4. The monoisotopic (exact) mass is 913 g/mol. The molecule has 0 aromatic heterocycles. The normalized spacial score (nSPS) is 18.7. The van der Waals surface area contributed by atoms with E-state index < -0.39 is 33.3 Å². The molecule has 0 radical (unpaired) electrons. The Bertz CT molecular complexity index is 3350. The van der Waals surface area contributed by atoms with E-state index in [4.69, 9.17) is 4.42 Å². The summed E-state index contributed by atoms with van der Waals surface area (Å²) >= 11 is 1.27. The van der Waals surface area contributed by atoms with Crippen molar-refractivity contribution in [3.05, 3.63) is 173 Å². The summed E-state index contributed by atoms with van der Waals surface area (Å²) in [5.41, 5.74) is 8.83. The second-order valence-electron chi connectivity index (χ2n) is 17.0. The smallest absolute Gasteiger partial charge is 0.253 e. The first-order valence-electron chi connectivity index (χ1n) is 21.9. The number of carbonyl (C=O) groups is 3. The van der Waals surface area contributed by atoms with Crippen LogP contribution in [0.5, 0.6) is 0 Å². The van der Waals surface area contributed by atoms with Gasteiger partial charge in [0.2, 0.25) is 27.0 Å². The van der Waals surface area contributed by atoms with Gasteiger partial charge in [-0.25, -0.2) is 8.42 Å². The van der Waals surface area contributed by atoms with Gasteiger partial charge in [0.25, 0.3) is 5.91 Å². The SMILES string of the molecule is CN(CC1=C(C(=O)[O-])N2C(=O)[C@@H](NC(=O)Cc3ccccc3)C2SC1)S(=O)(=O)c1ccccc1-c1c2ccc(=[N+]3CCc4ccccc43)cc-2oc2cc(N3CCc4ccccc43)ccc12. The number of amides is 2. The first kappa shape index (κ1) is 41.7. The van der Waals surface area contributed by atoms with Crippen LogP contribution in [0.2, 0.25) is 0 Å². The minimum atomic E-state index is -4.33. The molecule has 5 aromatic carbocycles. The molecule has 14 heteroatoms. The van der Waals surface area contributed by atoms with Crippen molar-refractivity contribution in [1.29, 1.82) is 0 Å². The number of thioether (sulfide) groups is 1.